The van der Waals surface area contributed by atoms with E-state index in [1.807, 2.05) is 6.07 Å². The van der Waals surface area contributed by atoms with Gasteiger partial charge in [0.2, 0.25) is 0 Å². The Bertz CT molecular complexity index is 912. The maximum Gasteiger partial charge on any atom is 0.180 e. The molecule has 6 heteroatoms. The van der Waals surface area contributed by atoms with Crippen molar-refractivity contribution in [2.24, 2.45) is 0 Å². The van der Waals surface area contributed by atoms with E-state index in [-0.39, 0.29) is 6.04 Å². The molecule has 0 spiro atoms. The number of rotatable bonds is 4. The lowest BCUT2D eigenvalue weighted by atomic mass is 9.76. The Balaban J connectivity index is 2.11. The summed E-state index contributed by atoms with van der Waals surface area (Å²) in [5.41, 5.74) is 5.74. The van der Waals surface area contributed by atoms with Gasteiger partial charge in [-0.2, -0.15) is 0 Å². The van der Waals surface area contributed by atoms with Gasteiger partial charge in [0.1, 0.15) is 0 Å². The summed E-state index contributed by atoms with van der Waals surface area (Å²) in [7, 11) is 8.77. The van der Waals surface area contributed by atoms with E-state index in [1.165, 1.54) is 11.1 Å². The first-order chi connectivity index (χ1) is 13.0. The van der Waals surface area contributed by atoms with Crippen LogP contribution in [0.4, 0.5) is 0 Å². The average molecular weight is 390 g/mol. The van der Waals surface area contributed by atoms with Gasteiger partial charge < -0.3 is 18.9 Å². The van der Waals surface area contributed by atoms with Crippen LogP contribution in [0.5, 0.6) is 23.0 Å². The van der Waals surface area contributed by atoms with Crippen LogP contribution < -0.4 is 18.9 Å². The maximum atomic E-state index is 6.74. The first kappa shape index (κ1) is 18.3. The van der Waals surface area contributed by atoms with E-state index in [4.69, 9.17) is 30.5 Å². The highest BCUT2D eigenvalue weighted by molar-refractivity contribution is 6.33. The number of hydrogen-bond donors (Lipinski definition) is 0. The molecule has 0 saturated carbocycles. The molecule has 1 aliphatic heterocycles. The molecule has 27 heavy (non-hydrogen) atoms. The molecule has 0 aromatic heterocycles. The molecular weight excluding hydrogens is 366 g/mol. The molecule has 0 amide bonds. The Hall–Kier alpha value is -2.11. The number of likely N-dealkylation sites (N-methyl/N-ethyl adjacent to an activating group) is 1. The standard InChI is InChI=1S/C21H24ClNO4/c1-23-7-6-12-17-14(23)8-11-9-15(24-2)16(25-3)10-13(11)18(17)20(26-4)21(27-5)19(12)22/h9-10,14H,6-8H2,1-5H3/t14-/m0/s1. The van der Waals surface area contributed by atoms with Gasteiger partial charge in [-0.3, -0.25) is 4.90 Å². The smallest absolute Gasteiger partial charge is 0.180 e. The van der Waals surface area contributed by atoms with Crippen molar-refractivity contribution in [3.8, 4) is 34.1 Å². The van der Waals surface area contributed by atoms with E-state index in [0.717, 1.165) is 41.8 Å². The van der Waals surface area contributed by atoms with Gasteiger partial charge in [0.05, 0.1) is 33.5 Å². The predicted octanol–water partition coefficient (Wildman–Crippen LogP) is 4.13. The molecule has 4 rings (SSSR count). The Labute approximate surface area is 164 Å². The van der Waals surface area contributed by atoms with Crippen LogP contribution in [0.2, 0.25) is 5.02 Å². The lowest BCUT2D eigenvalue weighted by Gasteiger charge is -2.41. The highest BCUT2D eigenvalue weighted by Gasteiger charge is 2.38. The Morgan fingerprint density at radius 1 is 0.963 bits per heavy atom. The summed E-state index contributed by atoms with van der Waals surface area (Å²) in [4.78, 5) is 2.38. The molecule has 0 saturated heterocycles. The summed E-state index contributed by atoms with van der Waals surface area (Å²) in [6, 6.07) is 4.34. The van der Waals surface area contributed by atoms with Crippen molar-refractivity contribution in [3.05, 3.63) is 33.8 Å². The minimum atomic E-state index is 0.242. The third kappa shape index (κ3) is 2.56. The van der Waals surface area contributed by atoms with Crippen LogP contribution in [-0.4, -0.2) is 46.9 Å². The number of methoxy groups -OCH3 is 4. The lowest BCUT2D eigenvalue weighted by Crippen LogP contribution is -2.36. The fourth-order valence-electron chi connectivity index (χ4n) is 4.45. The summed E-state index contributed by atoms with van der Waals surface area (Å²) in [6.45, 7) is 0.953. The molecule has 0 fully saturated rings. The summed E-state index contributed by atoms with van der Waals surface area (Å²) in [6.07, 6.45) is 1.77. The van der Waals surface area contributed by atoms with Crippen molar-refractivity contribution in [1.82, 2.24) is 4.90 Å². The zero-order chi connectivity index (χ0) is 19.3. The van der Waals surface area contributed by atoms with Crippen LogP contribution in [0, 0.1) is 0 Å². The molecular formula is C21H24ClNO4. The molecule has 0 N–H and O–H groups in total. The van der Waals surface area contributed by atoms with Crippen LogP contribution in [0.1, 0.15) is 22.7 Å². The van der Waals surface area contributed by atoms with E-state index in [1.54, 1.807) is 28.4 Å². The molecule has 144 valence electrons. The Kier molecular flexibility index (Phi) is 4.60. The van der Waals surface area contributed by atoms with Gasteiger partial charge in [-0.25, -0.2) is 0 Å². The molecule has 2 aromatic carbocycles. The highest BCUT2D eigenvalue weighted by Crippen LogP contribution is 2.56. The average Bonchev–Trinajstić information content (AvgIpc) is 2.69. The summed E-state index contributed by atoms with van der Waals surface area (Å²) < 4.78 is 22.5. The van der Waals surface area contributed by atoms with Gasteiger partial charge in [0.25, 0.3) is 0 Å². The van der Waals surface area contributed by atoms with Crippen LogP contribution in [0.25, 0.3) is 11.1 Å². The molecule has 0 bridgehead atoms. The predicted molar refractivity (Wildman–Crippen MR) is 106 cm³/mol. The van der Waals surface area contributed by atoms with E-state index in [0.29, 0.717) is 22.3 Å². The Morgan fingerprint density at radius 3 is 2.26 bits per heavy atom. The second-order valence-electron chi connectivity index (χ2n) is 6.96. The van der Waals surface area contributed by atoms with Gasteiger partial charge in [0.15, 0.2) is 23.0 Å². The minimum Gasteiger partial charge on any atom is -0.493 e. The van der Waals surface area contributed by atoms with Gasteiger partial charge in [-0.05, 0) is 54.3 Å². The molecule has 1 atom stereocenters. The van der Waals surface area contributed by atoms with Crippen molar-refractivity contribution in [3.63, 3.8) is 0 Å². The Morgan fingerprint density at radius 2 is 1.63 bits per heavy atom. The number of ether oxygens (including phenoxy) is 4. The summed E-state index contributed by atoms with van der Waals surface area (Å²) in [5.74, 6) is 2.70. The maximum absolute atomic E-state index is 6.74. The molecule has 1 heterocycles. The van der Waals surface area contributed by atoms with Crippen LogP contribution in [0.3, 0.4) is 0 Å². The molecule has 1 aliphatic carbocycles. The van der Waals surface area contributed by atoms with E-state index in [2.05, 4.69) is 18.0 Å². The van der Waals surface area contributed by atoms with Crippen molar-refractivity contribution in [2.45, 2.75) is 18.9 Å². The number of nitrogens with zero attached hydrogens (tertiary/aromatic N) is 1. The fraction of sp³-hybridized carbons (Fsp3) is 0.429. The topological polar surface area (TPSA) is 40.2 Å². The monoisotopic (exact) mass is 389 g/mol. The second kappa shape index (κ2) is 6.80. The van der Waals surface area contributed by atoms with Crippen LogP contribution in [-0.2, 0) is 12.8 Å². The zero-order valence-electron chi connectivity index (χ0n) is 16.3. The molecule has 0 radical (unpaired) electrons. The van der Waals surface area contributed by atoms with Crippen molar-refractivity contribution >= 4 is 11.6 Å². The van der Waals surface area contributed by atoms with Crippen LogP contribution >= 0.6 is 11.6 Å². The number of halogens is 1. The first-order valence-corrected chi connectivity index (χ1v) is 9.35. The molecule has 0 unspecified atom stereocenters. The third-order valence-corrected chi connectivity index (χ3v) is 6.17. The lowest BCUT2D eigenvalue weighted by molar-refractivity contribution is 0.226. The van der Waals surface area contributed by atoms with Crippen molar-refractivity contribution in [1.29, 1.82) is 0 Å². The highest BCUT2D eigenvalue weighted by atomic mass is 35.5. The van der Waals surface area contributed by atoms with E-state index in [9.17, 15) is 0 Å². The second-order valence-corrected chi connectivity index (χ2v) is 7.34. The molecule has 5 nitrogen and oxygen atoms in total. The van der Waals surface area contributed by atoms with Gasteiger partial charge >= 0.3 is 0 Å². The summed E-state index contributed by atoms with van der Waals surface area (Å²) >= 11 is 6.74. The quantitative estimate of drug-likeness (QED) is 0.786. The largest absolute Gasteiger partial charge is 0.493 e. The molecule has 2 aromatic rings. The number of hydrogen-bond acceptors (Lipinski definition) is 5. The normalized spacial score (nSPS) is 17.8. The SMILES string of the molecule is COc1cc2c(cc1OC)-c1c(OC)c(OC)c(Cl)c3c1[C@H](C2)N(C)CC3. The zero-order valence-corrected chi connectivity index (χ0v) is 17.1. The van der Waals surface area contributed by atoms with Gasteiger partial charge in [-0.15, -0.1) is 0 Å². The minimum absolute atomic E-state index is 0.242. The molecule has 2 aliphatic rings. The van der Waals surface area contributed by atoms with Gasteiger partial charge in [0, 0.05) is 18.2 Å². The van der Waals surface area contributed by atoms with Crippen molar-refractivity contribution in [2.75, 3.05) is 42.0 Å². The fourth-order valence-corrected chi connectivity index (χ4v) is 4.81. The summed E-state index contributed by atoms with van der Waals surface area (Å²) in [5, 5.41) is 0.662. The number of fused-ring (bicyclic) bond motifs is 2. The third-order valence-electron chi connectivity index (χ3n) is 5.77. The van der Waals surface area contributed by atoms with Crippen molar-refractivity contribution < 1.29 is 18.9 Å². The van der Waals surface area contributed by atoms with E-state index < -0.39 is 0 Å². The first-order valence-electron chi connectivity index (χ1n) is 8.97. The van der Waals surface area contributed by atoms with E-state index >= 15 is 0 Å². The number of benzene rings is 2. The van der Waals surface area contributed by atoms with Gasteiger partial charge in [-0.1, -0.05) is 11.6 Å². The van der Waals surface area contributed by atoms with Crippen LogP contribution in [0.15, 0.2) is 12.1 Å².